The molecule has 2 aliphatic rings. The van der Waals surface area contributed by atoms with Crippen LogP contribution in [0.3, 0.4) is 0 Å². The molecule has 0 saturated carbocycles. The van der Waals surface area contributed by atoms with Crippen LogP contribution in [0.1, 0.15) is 16.2 Å². The van der Waals surface area contributed by atoms with Gasteiger partial charge in [0.05, 0.1) is 6.54 Å². The van der Waals surface area contributed by atoms with E-state index in [0.717, 1.165) is 18.7 Å². The van der Waals surface area contributed by atoms with Crippen LogP contribution >= 0.6 is 0 Å². The molecule has 8 nitrogen and oxygen atoms in total. The lowest BCUT2D eigenvalue weighted by atomic mass is 10.1. The van der Waals surface area contributed by atoms with Crippen molar-refractivity contribution in [2.45, 2.75) is 6.54 Å². The molecule has 5 rings (SSSR count). The highest BCUT2D eigenvalue weighted by Gasteiger charge is 2.25. The highest BCUT2D eigenvalue weighted by Crippen LogP contribution is 2.32. The molecule has 148 valence electrons. The lowest BCUT2D eigenvalue weighted by Gasteiger charge is -2.34. The Kier molecular flexibility index (Phi) is 4.61. The normalized spacial score (nSPS) is 16.2. The van der Waals surface area contributed by atoms with E-state index in [1.165, 1.54) is 0 Å². The number of hydrogen-bond donors (Lipinski definition) is 0. The van der Waals surface area contributed by atoms with E-state index in [1.54, 1.807) is 18.2 Å². The Labute approximate surface area is 167 Å². The van der Waals surface area contributed by atoms with Crippen LogP contribution in [-0.2, 0) is 6.54 Å². The number of nitrogens with zero attached hydrogens (tertiary/aromatic N) is 4. The first kappa shape index (κ1) is 17.7. The zero-order valence-corrected chi connectivity index (χ0v) is 15.8. The van der Waals surface area contributed by atoms with Crippen molar-refractivity contribution in [3.8, 4) is 23.0 Å². The average molecular weight is 392 g/mol. The molecule has 0 bridgehead atoms. The van der Waals surface area contributed by atoms with E-state index in [4.69, 9.17) is 13.9 Å². The summed E-state index contributed by atoms with van der Waals surface area (Å²) in [7, 11) is 0. The minimum atomic E-state index is 0.00658. The number of rotatable bonds is 4. The second-order valence-electron chi connectivity index (χ2n) is 7.00. The predicted octanol–water partition coefficient (Wildman–Crippen LogP) is 2.42. The molecule has 8 heteroatoms. The average Bonchev–Trinajstić information content (AvgIpc) is 3.43. The van der Waals surface area contributed by atoms with Crippen molar-refractivity contribution in [1.29, 1.82) is 0 Å². The number of benzene rings is 2. The van der Waals surface area contributed by atoms with Gasteiger partial charge in [-0.25, -0.2) is 0 Å². The summed E-state index contributed by atoms with van der Waals surface area (Å²) in [5, 5.41) is 8.29. The summed E-state index contributed by atoms with van der Waals surface area (Å²) < 4.78 is 16.5. The van der Waals surface area contributed by atoms with Gasteiger partial charge < -0.3 is 18.8 Å². The van der Waals surface area contributed by atoms with Crippen molar-refractivity contribution in [2.24, 2.45) is 0 Å². The summed E-state index contributed by atoms with van der Waals surface area (Å²) in [6.45, 7) is 3.57. The number of aromatic nitrogens is 2. The van der Waals surface area contributed by atoms with Crippen LogP contribution in [0.4, 0.5) is 0 Å². The van der Waals surface area contributed by atoms with E-state index in [2.05, 4.69) is 15.1 Å². The Morgan fingerprint density at radius 1 is 0.931 bits per heavy atom. The van der Waals surface area contributed by atoms with Gasteiger partial charge in [0.1, 0.15) is 0 Å². The fourth-order valence-electron chi connectivity index (χ4n) is 3.53. The van der Waals surface area contributed by atoms with Gasteiger partial charge in [-0.05, 0) is 30.3 Å². The number of fused-ring (bicyclic) bond motifs is 1. The van der Waals surface area contributed by atoms with Gasteiger partial charge in [-0.3, -0.25) is 9.69 Å². The van der Waals surface area contributed by atoms with Crippen molar-refractivity contribution in [1.82, 2.24) is 20.0 Å². The molecule has 3 heterocycles. The first-order valence-corrected chi connectivity index (χ1v) is 9.55. The standard InChI is InChI=1S/C21H20N4O4/c26-21(16-6-7-17-18(12-16)28-14-27-17)25-10-8-24(9-11-25)13-19-22-23-20(29-19)15-4-2-1-3-5-15/h1-7,12H,8-11,13-14H2. The van der Waals surface area contributed by atoms with Crippen LogP contribution < -0.4 is 9.47 Å². The molecule has 0 atom stereocenters. The topological polar surface area (TPSA) is 80.9 Å². The minimum absolute atomic E-state index is 0.00658. The van der Waals surface area contributed by atoms with Crippen molar-refractivity contribution >= 4 is 5.91 Å². The second-order valence-corrected chi connectivity index (χ2v) is 7.00. The van der Waals surface area contributed by atoms with Crippen LogP contribution in [0.2, 0.25) is 0 Å². The molecule has 2 aliphatic heterocycles. The summed E-state index contributed by atoms with van der Waals surface area (Å²) in [6.07, 6.45) is 0. The maximum atomic E-state index is 12.8. The van der Waals surface area contributed by atoms with Crippen molar-refractivity contribution in [3.05, 3.63) is 60.0 Å². The van der Waals surface area contributed by atoms with Crippen LogP contribution in [0, 0.1) is 0 Å². The van der Waals surface area contributed by atoms with Crippen molar-refractivity contribution in [2.75, 3.05) is 33.0 Å². The third-order valence-corrected chi connectivity index (χ3v) is 5.13. The summed E-state index contributed by atoms with van der Waals surface area (Å²) in [5.41, 5.74) is 1.53. The maximum Gasteiger partial charge on any atom is 0.254 e. The molecule has 1 fully saturated rings. The number of amides is 1. The molecular weight excluding hydrogens is 372 g/mol. The van der Waals surface area contributed by atoms with Gasteiger partial charge in [-0.1, -0.05) is 18.2 Å². The fraction of sp³-hybridized carbons (Fsp3) is 0.286. The molecule has 2 aromatic carbocycles. The van der Waals surface area contributed by atoms with Gasteiger partial charge in [0.2, 0.25) is 18.6 Å². The second kappa shape index (κ2) is 7.56. The van der Waals surface area contributed by atoms with Gasteiger partial charge >= 0.3 is 0 Å². The molecule has 0 aliphatic carbocycles. The van der Waals surface area contributed by atoms with Crippen LogP contribution in [0.5, 0.6) is 11.5 Å². The predicted molar refractivity (Wildman–Crippen MR) is 103 cm³/mol. The summed E-state index contributed by atoms with van der Waals surface area (Å²) >= 11 is 0. The zero-order valence-electron chi connectivity index (χ0n) is 15.8. The summed E-state index contributed by atoms with van der Waals surface area (Å²) in [6, 6.07) is 15.0. The smallest absolute Gasteiger partial charge is 0.254 e. The van der Waals surface area contributed by atoms with Gasteiger partial charge in [0.25, 0.3) is 5.91 Å². The quantitative estimate of drug-likeness (QED) is 0.674. The van der Waals surface area contributed by atoms with Gasteiger partial charge in [0, 0.05) is 37.3 Å². The molecule has 1 saturated heterocycles. The molecule has 0 radical (unpaired) electrons. The largest absolute Gasteiger partial charge is 0.454 e. The van der Waals surface area contributed by atoms with Crippen LogP contribution in [0.15, 0.2) is 52.9 Å². The Morgan fingerprint density at radius 3 is 2.55 bits per heavy atom. The van der Waals surface area contributed by atoms with Gasteiger partial charge in [0.15, 0.2) is 11.5 Å². The van der Waals surface area contributed by atoms with Gasteiger partial charge in [-0.15, -0.1) is 10.2 Å². The molecule has 1 amide bonds. The summed E-state index contributed by atoms with van der Waals surface area (Å²) in [4.78, 5) is 16.9. The lowest BCUT2D eigenvalue weighted by molar-refractivity contribution is 0.0618. The van der Waals surface area contributed by atoms with E-state index in [9.17, 15) is 4.79 Å². The Bertz CT molecular complexity index is 1010. The Morgan fingerprint density at radius 2 is 1.72 bits per heavy atom. The van der Waals surface area contributed by atoms with E-state index in [0.29, 0.717) is 48.5 Å². The molecule has 0 unspecified atom stereocenters. The Balaban J connectivity index is 1.18. The van der Waals surface area contributed by atoms with Crippen molar-refractivity contribution < 1.29 is 18.7 Å². The molecule has 3 aromatic rings. The Hall–Kier alpha value is -3.39. The van der Waals surface area contributed by atoms with Crippen LogP contribution in [0.25, 0.3) is 11.5 Å². The van der Waals surface area contributed by atoms with E-state index >= 15 is 0 Å². The molecular formula is C21H20N4O4. The first-order chi connectivity index (χ1) is 14.3. The minimum Gasteiger partial charge on any atom is -0.454 e. The first-order valence-electron chi connectivity index (χ1n) is 9.55. The fourth-order valence-corrected chi connectivity index (χ4v) is 3.53. The molecule has 29 heavy (non-hydrogen) atoms. The van der Waals surface area contributed by atoms with E-state index in [-0.39, 0.29) is 12.7 Å². The highest BCUT2D eigenvalue weighted by molar-refractivity contribution is 5.95. The monoisotopic (exact) mass is 392 g/mol. The lowest BCUT2D eigenvalue weighted by Crippen LogP contribution is -2.48. The van der Waals surface area contributed by atoms with E-state index in [1.807, 2.05) is 35.2 Å². The number of carbonyl (C=O) groups excluding carboxylic acids is 1. The third-order valence-electron chi connectivity index (χ3n) is 5.13. The third kappa shape index (κ3) is 3.66. The SMILES string of the molecule is O=C(c1ccc2c(c1)OCO2)N1CCN(Cc2nnc(-c3ccccc3)o2)CC1. The summed E-state index contributed by atoms with van der Waals surface area (Å²) in [5.74, 6) is 2.42. The maximum absolute atomic E-state index is 12.8. The highest BCUT2D eigenvalue weighted by atomic mass is 16.7. The number of carbonyl (C=O) groups is 1. The van der Waals surface area contributed by atoms with Crippen LogP contribution in [-0.4, -0.2) is 58.9 Å². The van der Waals surface area contributed by atoms with Crippen molar-refractivity contribution in [3.63, 3.8) is 0 Å². The zero-order chi connectivity index (χ0) is 19.6. The van der Waals surface area contributed by atoms with Gasteiger partial charge in [-0.2, -0.15) is 0 Å². The number of hydrogen-bond acceptors (Lipinski definition) is 7. The molecule has 0 N–H and O–H groups in total. The number of ether oxygens (including phenoxy) is 2. The number of piperazine rings is 1. The van der Waals surface area contributed by atoms with E-state index < -0.39 is 0 Å². The molecule has 1 aromatic heterocycles. The molecule has 0 spiro atoms.